The van der Waals surface area contributed by atoms with Crippen molar-refractivity contribution in [1.82, 2.24) is 14.7 Å². The lowest BCUT2D eigenvalue weighted by molar-refractivity contribution is -0.0891. The van der Waals surface area contributed by atoms with Gasteiger partial charge >= 0.3 is 0 Å². The van der Waals surface area contributed by atoms with Crippen molar-refractivity contribution in [3.8, 4) is 0 Å². The lowest BCUT2D eigenvalue weighted by atomic mass is 9.61. The molecule has 0 N–H and O–H groups in total. The fourth-order valence-corrected chi connectivity index (χ4v) is 7.00. The zero-order chi connectivity index (χ0) is 20.9. The normalized spacial score (nSPS) is 31.9. The summed E-state index contributed by atoms with van der Waals surface area (Å²) in [4.78, 5) is 8.46. The molecule has 3 heterocycles. The number of hydrogen-bond acceptors (Lipinski definition) is 3. The van der Waals surface area contributed by atoms with Gasteiger partial charge in [0, 0.05) is 50.3 Å². The fraction of sp³-hybridized carbons (Fsp3) is 1.00. The van der Waals surface area contributed by atoms with Gasteiger partial charge in [0.1, 0.15) is 0 Å². The molecule has 0 aromatic heterocycles. The van der Waals surface area contributed by atoms with E-state index in [-0.39, 0.29) is 0 Å². The summed E-state index contributed by atoms with van der Waals surface area (Å²) in [6.07, 6.45) is 11.5. The molecule has 1 saturated carbocycles. The Hall–Kier alpha value is -0.120. The molecule has 0 amide bonds. The molecule has 3 nitrogen and oxygen atoms in total. The number of likely N-dealkylation sites (tertiary alicyclic amines) is 3. The minimum atomic E-state index is 0.341. The second-order valence-electron chi connectivity index (χ2n) is 13.2. The first-order valence-corrected chi connectivity index (χ1v) is 12.8. The van der Waals surface area contributed by atoms with Gasteiger partial charge in [-0.2, -0.15) is 0 Å². The molecule has 3 heteroatoms. The fourth-order valence-electron chi connectivity index (χ4n) is 7.00. The summed E-state index contributed by atoms with van der Waals surface area (Å²) in [7, 11) is 0. The summed E-state index contributed by atoms with van der Waals surface area (Å²) >= 11 is 0. The average Bonchev–Trinajstić information content (AvgIpc) is 2.65. The average molecular weight is 404 g/mol. The van der Waals surface area contributed by atoms with Crippen LogP contribution in [-0.2, 0) is 0 Å². The smallest absolute Gasteiger partial charge is 0.0224 e. The predicted octanol–water partition coefficient (Wildman–Crippen LogP) is 5.25. The highest BCUT2D eigenvalue weighted by molar-refractivity contribution is 5.02. The minimum Gasteiger partial charge on any atom is -0.299 e. The Bertz CT molecular complexity index is 533. The van der Waals surface area contributed by atoms with Gasteiger partial charge in [0.15, 0.2) is 0 Å². The maximum Gasteiger partial charge on any atom is 0.0224 e. The van der Waals surface area contributed by atoms with Crippen molar-refractivity contribution in [2.24, 2.45) is 16.7 Å². The van der Waals surface area contributed by atoms with E-state index in [4.69, 9.17) is 0 Å². The first-order chi connectivity index (χ1) is 13.6. The van der Waals surface area contributed by atoms with E-state index < -0.39 is 0 Å². The number of piperidine rings is 2. The molecular weight excluding hydrogens is 354 g/mol. The quantitative estimate of drug-likeness (QED) is 0.623. The van der Waals surface area contributed by atoms with Gasteiger partial charge in [-0.1, -0.05) is 20.8 Å². The molecule has 3 saturated heterocycles. The Labute approximate surface area is 181 Å². The number of rotatable bonds is 2. The first-order valence-electron chi connectivity index (χ1n) is 12.8. The third-order valence-corrected chi connectivity index (χ3v) is 9.22. The molecule has 0 aromatic rings. The summed E-state index contributed by atoms with van der Waals surface area (Å²) in [6, 6.07) is 1.68. The van der Waals surface area contributed by atoms with E-state index in [1.807, 2.05) is 0 Å². The Morgan fingerprint density at radius 1 is 0.690 bits per heavy atom. The zero-order valence-electron chi connectivity index (χ0n) is 20.5. The molecule has 1 aliphatic carbocycles. The van der Waals surface area contributed by atoms with Crippen molar-refractivity contribution in [3.63, 3.8) is 0 Å². The maximum atomic E-state index is 2.88. The van der Waals surface area contributed by atoms with Crippen LogP contribution in [0.5, 0.6) is 0 Å². The van der Waals surface area contributed by atoms with Crippen LogP contribution in [0.25, 0.3) is 0 Å². The molecule has 4 aliphatic rings. The number of hydrogen-bond donors (Lipinski definition) is 0. The molecule has 0 radical (unpaired) electrons. The van der Waals surface area contributed by atoms with Crippen LogP contribution in [0.15, 0.2) is 0 Å². The Morgan fingerprint density at radius 2 is 1.31 bits per heavy atom. The molecular formula is C26H49N3. The third-order valence-electron chi connectivity index (χ3n) is 9.22. The summed E-state index contributed by atoms with van der Waals surface area (Å²) in [5.74, 6) is 0.950. The van der Waals surface area contributed by atoms with E-state index in [0.717, 1.165) is 18.0 Å². The van der Waals surface area contributed by atoms with E-state index in [1.54, 1.807) is 0 Å². The van der Waals surface area contributed by atoms with Crippen molar-refractivity contribution in [3.05, 3.63) is 0 Å². The van der Waals surface area contributed by atoms with Gasteiger partial charge in [0.25, 0.3) is 0 Å². The SMILES string of the molecule is CC(C)(C)C1CCC2(CC1)CN(C1CCCN(C3CCN(C(C)(C)C)CC3)C1)C2. The highest BCUT2D eigenvalue weighted by Crippen LogP contribution is 2.50. The second-order valence-corrected chi connectivity index (χ2v) is 13.2. The largest absolute Gasteiger partial charge is 0.299 e. The molecule has 4 rings (SSSR count). The van der Waals surface area contributed by atoms with E-state index in [1.165, 1.54) is 90.6 Å². The predicted molar refractivity (Wildman–Crippen MR) is 124 cm³/mol. The molecule has 1 spiro atoms. The van der Waals surface area contributed by atoms with Crippen LogP contribution in [0.4, 0.5) is 0 Å². The summed E-state index contributed by atoms with van der Waals surface area (Å²) in [6.45, 7) is 22.6. The molecule has 1 unspecified atom stereocenters. The maximum absolute atomic E-state index is 2.88. The summed E-state index contributed by atoms with van der Waals surface area (Å²) in [5.41, 5.74) is 1.55. The van der Waals surface area contributed by atoms with Crippen LogP contribution in [0, 0.1) is 16.7 Å². The van der Waals surface area contributed by atoms with Crippen LogP contribution in [0.3, 0.4) is 0 Å². The van der Waals surface area contributed by atoms with Crippen molar-refractivity contribution >= 4 is 0 Å². The van der Waals surface area contributed by atoms with Crippen LogP contribution in [-0.4, -0.2) is 71.6 Å². The second kappa shape index (κ2) is 8.10. The van der Waals surface area contributed by atoms with Gasteiger partial charge in [-0.15, -0.1) is 0 Å². The highest BCUT2D eigenvalue weighted by atomic mass is 15.3. The molecule has 4 fully saturated rings. The Balaban J connectivity index is 1.24. The summed E-state index contributed by atoms with van der Waals surface area (Å²) < 4.78 is 0. The van der Waals surface area contributed by atoms with Gasteiger partial charge < -0.3 is 0 Å². The molecule has 168 valence electrons. The standard InChI is InChI=1S/C26H49N3/c1-24(2,3)21-9-13-26(14-10-21)19-28(20-26)23-8-7-15-27(18-23)22-11-16-29(17-12-22)25(4,5)6/h21-23H,7-20H2,1-6H3. The van der Waals surface area contributed by atoms with Gasteiger partial charge in [0.2, 0.25) is 0 Å². The molecule has 1 atom stereocenters. The van der Waals surface area contributed by atoms with Crippen molar-refractivity contribution in [1.29, 1.82) is 0 Å². The van der Waals surface area contributed by atoms with Gasteiger partial charge in [-0.05, 0) is 95.4 Å². The minimum absolute atomic E-state index is 0.341. The lowest BCUT2D eigenvalue weighted by Crippen LogP contribution is -2.64. The molecule has 29 heavy (non-hydrogen) atoms. The highest BCUT2D eigenvalue weighted by Gasteiger charge is 2.48. The van der Waals surface area contributed by atoms with Crippen molar-refractivity contribution in [2.75, 3.05) is 39.3 Å². The number of nitrogens with zero attached hydrogens (tertiary/aromatic N) is 3. The third kappa shape index (κ3) is 4.88. The van der Waals surface area contributed by atoms with E-state index in [2.05, 4.69) is 56.2 Å². The van der Waals surface area contributed by atoms with Crippen molar-refractivity contribution < 1.29 is 0 Å². The van der Waals surface area contributed by atoms with Crippen LogP contribution in [0.2, 0.25) is 0 Å². The Morgan fingerprint density at radius 3 is 1.86 bits per heavy atom. The zero-order valence-corrected chi connectivity index (χ0v) is 20.5. The van der Waals surface area contributed by atoms with Crippen LogP contribution in [0.1, 0.15) is 92.9 Å². The van der Waals surface area contributed by atoms with Gasteiger partial charge in [-0.25, -0.2) is 0 Å². The molecule has 0 aromatic carbocycles. The van der Waals surface area contributed by atoms with Gasteiger partial charge in [-0.3, -0.25) is 14.7 Å². The van der Waals surface area contributed by atoms with Crippen molar-refractivity contribution in [2.45, 2.75) is 111 Å². The Kier molecular flexibility index (Phi) is 6.17. The van der Waals surface area contributed by atoms with Gasteiger partial charge in [0.05, 0.1) is 0 Å². The van der Waals surface area contributed by atoms with Crippen LogP contribution < -0.4 is 0 Å². The monoisotopic (exact) mass is 403 g/mol. The summed E-state index contributed by atoms with van der Waals surface area (Å²) in [5, 5.41) is 0. The van der Waals surface area contributed by atoms with E-state index in [0.29, 0.717) is 16.4 Å². The first kappa shape index (κ1) is 22.1. The topological polar surface area (TPSA) is 9.72 Å². The molecule has 3 aliphatic heterocycles. The molecule has 0 bridgehead atoms. The van der Waals surface area contributed by atoms with Crippen LogP contribution >= 0.6 is 0 Å². The lowest BCUT2D eigenvalue weighted by Gasteiger charge is -2.58. The van der Waals surface area contributed by atoms with E-state index in [9.17, 15) is 0 Å². The van der Waals surface area contributed by atoms with E-state index >= 15 is 0 Å².